The average molecular weight is 433 g/mol. The number of ether oxygens (including phenoxy) is 1. The Morgan fingerprint density at radius 2 is 2.10 bits per heavy atom. The number of amides is 3. The molecule has 5 atom stereocenters. The van der Waals surface area contributed by atoms with Crippen LogP contribution in [0, 0.1) is 11.8 Å². The van der Waals surface area contributed by atoms with Crippen LogP contribution in [0.1, 0.15) is 43.5 Å². The van der Waals surface area contributed by atoms with Gasteiger partial charge in [0, 0.05) is 49.7 Å². The largest absolute Gasteiger partial charge is 0.368 e. The maximum absolute atomic E-state index is 13.3. The molecule has 4 aliphatic heterocycles. The van der Waals surface area contributed by atoms with Gasteiger partial charge in [0.25, 0.3) is 5.91 Å². The molecular weight excluding hydrogens is 404 g/mol. The normalized spacial score (nSPS) is 33.3. The highest BCUT2D eigenvalue weighted by Gasteiger charge is 2.52. The van der Waals surface area contributed by atoms with Crippen LogP contribution in [0.4, 0.5) is 0 Å². The number of rotatable bonds is 4. The molecule has 0 aliphatic carbocycles. The molecule has 3 amide bonds. The van der Waals surface area contributed by atoms with E-state index in [1.165, 1.54) is 11.3 Å². The Morgan fingerprint density at radius 3 is 2.87 bits per heavy atom. The summed E-state index contributed by atoms with van der Waals surface area (Å²) in [5.41, 5.74) is 0. The summed E-state index contributed by atoms with van der Waals surface area (Å²) >= 11 is 1.50. The van der Waals surface area contributed by atoms with Crippen LogP contribution in [0.3, 0.4) is 0 Å². The lowest BCUT2D eigenvalue weighted by molar-refractivity contribution is -0.165. The van der Waals surface area contributed by atoms with Crippen molar-refractivity contribution in [3.05, 3.63) is 16.6 Å². The zero-order valence-corrected chi connectivity index (χ0v) is 17.8. The Hall–Kier alpha value is -2.00. The molecule has 0 radical (unpaired) electrons. The van der Waals surface area contributed by atoms with Gasteiger partial charge in [0.15, 0.2) is 0 Å². The number of carbonyl (C=O) groups excluding carboxylic acids is 3. The minimum atomic E-state index is -0.515. The number of piperidine rings is 3. The number of fused-ring (bicyclic) bond motifs is 4. The summed E-state index contributed by atoms with van der Waals surface area (Å²) in [6.45, 7) is 2.19. The lowest BCUT2D eigenvalue weighted by Gasteiger charge is -2.56. The topological polar surface area (TPSA) is 91.8 Å². The zero-order chi connectivity index (χ0) is 20.7. The van der Waals surface area contributed by atoms with E-state index in [-0.39, 0.29) is 41.7 Å². The highest BCUT2D eigenvalue weighted by atomic mass is 32.1. The SMILES string of the molecule is O=C(NCc1nccs1)[C@H]1[C@@H]2C[C@@H](CN(C(=O)[C@@H]3CCCO3)C2)[C@@H]2CCCC(=O)N21. The van der Waals surface area contributed by atoms with E-state index >= 15 is 0 Å². The van der Waals surface area contributed by atoms with Crippen molar-refractivity contribution in [2.45, 2.75) is 63.3 Å². The summed E-state index contributed by atoms with van der Waals surface area (Å²) in [5, 5.41) is 5.72. The maximum atomic E-state index is 13.3. The Kier molecular flexibility index (Phi) is 5.49. The van der Waals surface area contributed by atoms with E-state index in [9.17, 15) is 14.4 Å². The molecule has 4 fully saturated rings. The Morgan fingerprint density at radius 1 is 1.23 bits per heavy atom. The third kappa shape index (κ3) is 3.62. The van der Waals surface area contributed by atoms with Crippen LogP contribution < -0.4 is 5.32 Å². The molecule has 0 saturated carbocycles. The first-order valence-corrected chi connectivity index (χ1v) is 11.9. The summed E-state index contributed by atoms with van der Waals surface area (Å²) in [5.74, 6) is 0.208. The fourth-order valence-electron chi connectivity index (χ4n) is 5.76. The summed E-state index contributed by atoms with van der Waals surface area (Å²) in [4.78, 5) is 47.2. The van der Waals surface area contributed by atoms with Gasteiger partial charge >= 0.3 is 0 Å². The number of nitrogens with zero attached hydrogens (tertiary/aromatic N) is 3. The van der Waals surface area contributed by atoms with Crippen molar-refractivity contribution in [1.82, 2.24) is 20.1 Å². The molecule has 0 aromatic carbocycles. The van der Waals surface area contributed by atoms with Gasteiger partial charge in [-0.05, 0) is 38.0 Å². The van der Waals surface area contributed by atoms with E-state index < -0.39 is 6.04 Å². The Bertz CT molecular complexity index is 810. The van der Waals surface area contributed by atoms with E-state index in [4.69, 9.17) is 4.74 Å². The van der Waals surface area contributed by atoms with Crippen LogP contribution in [-0.4, -0.2) is 70.4 Å². The van der Waals surface area contributed by atoms with Crippen molar-refractivity contribution in [1.29, 1.82) is 0 Å². The van der Waals surface area contributed by atoms with Crippen LogP contribution >= 0.6 is 11.3 Å². The van der Waals surface area contributed by atoms with E-state index in [1.807, 2.05) is 15.2 Å². The molecule has 2 bridgehead atoms. The first-order chi connectivity index (χ1) is 14.6. The number of aromatic nitrogens is 1. The first-order valence-electron chi connectivity index (χ1n) is 11.0. The lowest BCUT2D eigenvalue weighted by atomic mass is 9.71. The van der Waals surface area contributed by atoms with E-state index in [2.05, 4.69) is 10.3 Å². The molecular formula is C21H28N4O4S. The van der Waals surface area contributed by atoms with Crippen LogP contribution in [0.15, 0.2) is 11.6 Å². The molecule has 0 unspecified atom stereocenters. The van der Waals surface area contributed by atoms with Crippen molar-refractivity contribution in [2.75, 3.05) is 19.7 Å². The van der Waals surface area contributed by atoms with Gasteiger partial charge in [-0.3, -0.25) is 14.4 Å². The molecule has 1 aromatic heterocycles. The summed E-state index contributed by atoms with van der Waals surface area (Å²) in [6.07, 6.45) is 6.22. The third-order valence-electron chi connectivity index (χ3n) is 7.02. The van der Waals surface area contributed by atoms with Crippen LogP contribution in [-0.2, 0) is 25.7 Å². The number of thiazole rings is 1. The molecule has 5 rings (SSSR count). The van der Waals surface area contributed by atoms with Crippen molar-refractivity contribution in [3.8, 4) is 0 Å². The summed E-state index contributed by atoms with van der Waals surface area (Å²) in [6, 6.07) is -0.475. The zero-order valence-electron chi connectivity index (χ0n) is 17.0. The standard InChI is InChI=1S/C21H28N4O4S/c26-18-5-1-3-15-13-9-14(12-24(11-13)21(28)16-4-2-7-29-16)19(25(15)18)20(27)23-10-17-22-6-8-30-17/h6,8,13-16,19H,1-5,7,9-12H2,(H,23,27)/t13-,14+,15-,16-,19+/m0/s1. The summed E-state index contributed by atoms with van der Waals surface area (Å²) < 4.78 is 5.63. The van der Waals surface area contributed by atoms with Crippen molar-refractivity contribution in [3.63, 3.8) is 0 Å². The van der Waals surface area contributed by atoms with Gasteiger partial charge in [0.2, 0.25) is 11.8 Å². The van der Waals surface area contributed by atoms with Gasteiger partial charge in [-0.15, -0.1) is 11.3 Å². The minimum absolute atomic E-state index is 0.0382. The second kappa shape index (κ2) is 8.26. The molecule has 1 aromatic rings. The molecule has 8 nitrogen and oxygen atoms in total. The monoisotopic (exact) mass is 432 g/mol. The van der Waals surface area contributed by atoms with Gasteiger partial charge in [0.1, 0.15) is 17.2 Å². The van der Waals surface area contributed by atoms with Gasteiger partial charge in [-0.25, -0.2) is 4.98 Å². The van der Waals surface area contributed by atoms with Crippen molar-refractivity contribution in [2.24, 2.45) is 11.8 Å². The maximum Gasteiger partial charge on any atom is 0.251 e. The predicted octanol–water partition coefficient (Wildman–Crippen LogP) is 1.17. The summed E-state index contributed by atoms with van der Waals surface area (Å²) in [7, 11) is 0. The molecule has 4 aliphatic rings. The van der Waals surface area contributed by atoms with Gasteiger partial charge in [-0.2, -0.15) is 0 Å². The number of hydrogen-bond acceptors (Lipinski definition) is 6. The highest BCUT2D eigenvalue weighted by molar-refractivity contribution is 7.09. The first kappa shape index (κ1) is 19.9. The average Bonchev–Trinajstić information content (AvgIpc) is 3.46. The third-order valence-corrected chi connectivity index (χ3v) is 7.80. The number of carbonyl (C=O) groups is 3. The second-order valence-corrected chi connectivity index (χ2v) is 9.83. The smallest absolute Gasteiger partial charge is 0.251 e. The Balaban J connectivity index is 1.37. The highest BCUT2D eigenvalue weighted by Crippen LogP contribution is 2.42. The van der Waals surface area contributed by atoms with Crippen molar-refractivity contribution >= 4 is 29.1 Å². The van der Waals surface area contributed by atoms with Gasteiger partial charge in [0.05, 0.1) is 6.54 Å². The van der Waals surface area contributed by atoms with Gasteiger partial charge < -0.3 is 19.9 Å². The van der Waals surface area contributed by atoms with Gasteiger partial charge in [-0.1, -0.05) is 0 Å². The minimum Gasteiger partial charge on any atom is -0.368 e. The van der Waals surface area contributed by atoms with Crippen LogP contribution in [0.2, 0.25) is 0 Å². The van der Waals surface area contributed by atoms with E-state index in [0.717, 1.165) is 37.1 Å². The molecule has 30 heavy (non-hydrogen) atoms. The molecule has 9 heteroatoms. The molecule has 162 valence electrons. The fraction of sp³-hybridized carbons (Fsp3) is 0.714. The van der Waals surface area contributed by atoms with Crippen LogP contribution in [0.5, 0.6) is 0 Å². The second-order valence-electron chi connectivity index (χ2n) is 8.85. The fourth-order valence-corrected chi connectivity index (χ4v) is 6.31. The molecule has 4 saturated heterocycles. The van der Waals surface area contributed by atoms with E-state index in [1.54, 1.807) is 6.20 Å². The lowest BCUT2D eigenvalue weighted by Crippen LogP contribution is -2.69. The number of nitrogens with one attached hydrogen (secondary N) is 1. The molecule has 0 spiro atoms. The quantitative estimate of drug-likeness (QED) is 0.771. The molecule has 1 N–H and O–H groups in total. The number of hydrogen-bond donors (Lipinski definition) is 1. The predicted molar refractivity (Wildman–Crippen MR) is 109 cm³/mol. The molecule has 5 heterocycles. The van der Waals surface area contributed by atoms with Crippen LogP contribution in [0.25, 0.3) is 0 Å². The van der Waals surface area contributed by atoms with Crippen molar-refractivity contribution < 1.29 is 19.1 Å². The Labute approximate surface area is 180 Å². The van der Waals surface area contributed by atoms with E-state index in [0.29, 0.717) is 32.7 Å². The number of likely N-dealkylation sites (tertiary alicyclic amines) is 1.